The van der Waals surface area contributed by atoms with Gasteiger partial charge in [0.2, 0.25) is 5.91 Å². The van der Waals surface area contributed by atoms with Crippen molar-refractivity contribution in [2.75, 3.05) is 13.2 Å². The van der Waals surface area contributed by atoms with Gasteiger partial charge in [-0.2, -0.15) is 0 Å². The number of aliphatic hydroxyl groups is 2. The molecule has 0 unspecified atom stereocenters. The van der Waals surface area contributed by atoms with Crippen molar-refractivity contribution in [3.8, 4) is 0 Å². The van der Waals surface area contributed by atoms with Crippen LogP contribution < -0.4 is 5.32 Å². The Morgan fingerprint density at radius 1 is 1.18 bits per heavy atom. The minimum atomic E-state index is -0.782. The van der Waals surface area contributed by atoms with E-state index >= 15 is 0 Å². The molecule has 2 aliphatic carbocycles. The average Bonchev–Trinajstić information content (AvgIpc) is 2.39. The topological polar surface area (TPSA) is 69.6 Å². The first-order chi connectivity index (χ1) is 10.1. The van der Waals surface area contributed by atoms with Gasteiger partial charge in [0.1, 0.15) is 0 Å². The summed E-state index contributed by atoms with van der Waals surface area (Å²) < 4.78 is 0. The fourth-order valence-corrected chi connectivity index (χ4v) is 5.15. The van der Waals surface area contributed by atoms with Gasteiger partial charge in [-0.3, -0.25) is 4.79 Å². The van der Waals surface area contributed by atoms with Crippen LogP contribution >= 0.6 is 0 Å². The third-order valence-corrected chi connectivity index (χ3v) is 6.43. The van der Waals surface area contributed by atoms with Crippen molar-refractivity contribution in [2.45, 2.75) is 71.8 Å². The zero-order valence-corrected chi connectivity index (χ0v) is 14.6. The van der Waals surface area contributed by atoms with E-state index in [0.717, 1.165) is 12.8 Å². The van der Waals surface area contributed by atoms with Gasteiger partial charge < -0.3 is 15.5 Å². The van der Waals surface area contributed by atoms with E-state index in [2.05, 4.69) is 26.1 Å². The van der Waals surface area contributed by atoms with Gasteiger partial charge in [0.15, 0.2) is 0 Å². The van der Waals surface area contributed by atoms with E-state index < -0.39 is 5.60 Å². The summed E-state index contributed by atoms with van der Waals surface area (Å²) in [4.78, 5) is 12.0. The number of aliphatic hydroxyl groups excluding tert-OH is 1. The summed E-state index contributed by atoms with van der Waals surface area (Å²) >= 11 is 0. The second-order valence-electron chi connectivity index (χ2n) is 8.79. The van der Waals surface area contributed by atoms with Gasteiger partial charge in [0.25, 0.3) is 0 Å². The maximum atomic E-state index is 12.0. The van der Waals surface area contributed by atoms with Crippen LogP contribution in [0, 0.1) is 22.7 Å². The fraction of sp³-hybridized carbons (Fsp3) is 0.944. The Morgan fingerprint density at radius 2 is 1.86 bits per heavy atom. The van der Waals surface area contributed by atoms with Crippen LogP contribution in [0.5, 0.6) is 0 Å². The number of hydrogen-bond donors (Lipinski definition) is 3. The van der Waals surface area contributed by atoms with Gasteiger partial charge in [0, 0.05) is 13.0 Å². The molecule has 0 aromatic carbocycles. The standard InChI is InChI=1S/C18H33NO3/c1-16(2)6-5-7-17(3)11-13(10-15(21)19-8-9-20)18(4,22)12-14(16)17/h13-14,20,22H,5-12H2,1-4H3,(H,19,21)/t13-,14+,17+,18+/m1/s1. The third-order valence-electron chi connectivity index (χ3n) is 6.43. The predicted octanol–water partition coefficient (Wildman–Crippen LogP) is 2.48. The molecule has 0 aromatic rings. The molecule has 2 rings (SSSR count). The maximum absolute atomic E-state index is 12.0. The monoisotopic (exact) mass is 311 g/mol. The van der Waals surface area contributed by atoms with E-state index in [0.29, 0.717) is 18.9 Å². The largest absolute Gasteiger partial charge is 0.395 e. The number of rotatable bonds is 4. The molecule has 128 valence electrons. The first kappa shape index (κ1) is 17.7. The van der Waals surface area contributed by atoms with Gasteiger partial charge in [-0.25, -0.2) is 0 Å². The molecule has 0 saturated heterocycles. The van der Waals surface area contributed by atoms with Gasteiger partial charge in [-0.1, -0.05) is 27.2 Å². The second-order valence-corrected chi connectivity index (χ2v) is 8.79. The Kier molecular flexibility index (Phi) is 4.94. The summed E-state index contributed by atoms with van der Waals surface area (Å²) in [6, 6.07) is 0. The maximum Gasteiger partial charge on any atom is 0.220 e. The van der Waals surface area contributed by atoms with Crippen molar-refractivity contribution in [3.63, 3.8) is 0 Å². The van der Waals surface area contributed by atoms with E-state index in [4.69, 9.17) is 5.11 Å². The highest BCUT2D eigenvalue weighted by Crippen LogP contribution is 2.61. The molecule has 3 N–H and O–H groups in total. The minimum Gasteiger partial charge on any atom is -0.395 e. The zero-order chi connectivity index (χ0) is 16.6. The molecule has 2 saturated carbocycles. The van der Waals surface area contributed by atoms with E-state index in [1.165, 1.54) is 19.3 Å². The lowest BCUT2D eigenvalue weighted by Gasteiger charge is -2.59. The van der Waals surface area contributed by atoms with Crippen molar-refractivity contribution in [1.82, 2.24) is 5.32 Å². The molecule has 4 atom stereocenters. The van der Waals surface area contributed by atoms with Crippen LogP contribution in [-0.2, 0) is 4.79 Å². The molecule has 22 heavy (non-hydrogen) atoms. The number of hydrogen-bond acceptors (Lipinski definition) is 3. The lowest BCUT2D eigenvalue weighted by Crippen LogP contribution is -2.55. The smallest absolute Gasteiger partial charge is 0.220 e. The number of carbonyl (C=O) groups excluding carboxylic acids is 1. The summed E-state index contributed by atoms with van der Waals surface area (Å²) in [6.07, 6.45) is 5.73. The Morgan fingerprint density at radius 3 is 2.50 bits per heavy atom. The van der Waals surface area contributed by atoms with E-state index in [1.807, 2.05) is 6.92 Å². The molecule has 0 bridgehead atoms. The van der Waals surface area contributed by atoms with Gasteiger partial charge in [-0.15, -0.1) is 0 Å². The average molecular weight is 311 g/mol. The SMILES string of the molecule is CC1(C)CCC[C@@]2(C)C[C@@H](CC(=O)NCCO)[C@@](C)(O)C[C@@H]12. The summed E-state index contributed by atoms with van der Waals surface area (Å²) in [7, 11) is 0. The van der Waals surface area contributed by atoms with Crippen LogP contribution in [0.3, 0.4) is 0 Å². The first-order valence-electron chi connectivity index (χ1n) is 8.71. The molecule has 0 aromatic heterocycles. The molecule has 0 radical (unpaired) electrons. The Labute approximate surface area is 134 Å². The molecule has 4 nitrogen and oxygen atoms in total. The van der Waals surface area contributed by atoms with Gasteiger partial charge in [0.05, 0.1) is 12.2 Å². The normalized spacial score (nSPS) is 40.8. The van der Waals surface area contributed by atoms with Crippen LogP contribution in [0.1, 0.15) is 66.2 Å². The summed E-state index contributed by atoms with van der Waals surface area (Å²) in [5.74, 6) is 0.457. The summed E-state index contributed by atoms with van der Waals surface area (Å²) in [5.41, 5.74) is -0.289. The fourth-order valence-electron chi connectivity index (χ4n) is 5.15. The van der Waals surface area contributed by atoms with Crippen LogP contribution in [-0.4, -0.2) is 34.9 Å². The molecule has 2 aliphatic rings. The van der Waals surface area contributed by atoms with Crippen molar-refractivity contribution in [1.29, 1.82) is 0 Å². The molecular formula is C18H33NO3. The zero-order valence-electron chi connectivity index (χ0n) is 14.6. The molecule has 0 spiro atoms. The van der Waals surface area contributed by atoms with Gasteiger partial charge in [-0.05, 0) is 55.3 Å². The highest BCUT2D eigenvalue weighted by atomic mass is 16.3. The van der Waals surface area contributed by atoms with Crippen molar-refractivity contribution >= 4 is 5.91 Å². The summed E-state index contributed by atoms with van der Waals surface area (Å²) in [5, 5.41) is 22.5. The van der Waals surface area contributed by atoms with Gasteiger partial charge >= 0.3 is 0 Å². The molecule has 0 heterocycles. The number of fused-ring (bicyclic) bond motifs is 1. The first-order valence-corrected chi connectivity index (χ1v) is 8.71. The molecule has 4 heteroatoms. The number of amides is 1. The van der Waals surface area contributed by atoms with Crippen LogP contribution in [0.15, 0.2) is 0 Å². The summed E-state index contributed by atoms with van der Waals surface area (Å²) in [6.45, 7) is 9.17. The number of carbonyl (C=O) groups is 1. The lowest BCUT2D eigenvalue weighted by molar-refractivity contribution is -0.154. The Bertz CT molecular complexity index is 419. The highest BCUT2D eigenvalue weighted by Gasteiger charge is 2.55. The van der Waals surface area contributed by atoms with E-state index in [9.17, 15) is 9.90 Å². The van der Waals surface area contributed by atoms with E-state index in [-0.39, 0.29) is 29.3 Å². The minimum absolute atomic E-state index is 0.00124. The molecular weight excluding hydrogens is 278 g/mol. The van der Waals surface area contributed by atoms with Crippen LogP contribution in [0.4, 0.5) is 0 Å². The Hall–Kier alpha value is -0.610. The second kappa shape index (κ2) is 6.12. The third kappa shape index (κ3) is 3.48. The van der Waals surface area contributed by atoms with Crippen LogP contribution in [0.25, 0.3) is 0 Å². The molecule has 2 fully saturated rings. The molecule has 0 aliphatic heterocycles. The van der Waals surface area contributed by atoms with Crippen molar-refractivity contribution < 1.29 is 15.0 Å². The van der Waals surface area contributed by atoms with Crippen molar-refractivity contribution in [3.05, 3.63) is 0 Å². The van der Waals surface area contributed by atoms with Crippen LogP contribution in [0.2, 0.25) is 0 Å². The van der Waals surface area contributed by atoms with Crippen molar-refractivity contribution in [2.24, 2.45) is 22.7 Å². The van der Waals surface area contributed by atoms with E-state index in [1.54, 1.807) is 0 Å². The predicted molar refractivity (Wildman–Crippen MR) is 87.3 cm³/mol. The lowest BCUT2D eigenvalue weighted by atomic mass is 9.47. The number of nitrogens with one attached hydrogen (secondary N) is 1. The molecule has 1 amide bonds. The Balaban J connectivity index is 2.13. The quantitative estimate of drug-likeness (QED) is 0.747. The highest BCUT2D eigenvalue weighted by molar-refractivity contribution is 5.76.